The van der Waals surface area contributed by atoms with Gasteiger partial charge in [0, 0.05) is 25.2 Å². The van der Waals surface area contributed by atoms with Crippen molar-refractivity contribution in [3.05, 3.63) is 135 Å². The number of hydrogen-bond acceptors (Lipinski definition) is 5. The summed E-state index contributed by atoms with van der Waals surface area (Å²) in [6.07, 6.45) is -0.457. The molecule has 0 bridgehead atoms. The van der Waals surface area contributed by atoms with Gasteiger partial charge < -0.3 is 14.5 Å². The van der Waals surface area contributed by atoms with Crippen molar-refractivity contribution >= 4 is 17.3 Å². The van der Waals surface area contributed by atoms with Gasteiger partial charge in [0.15, 0.2) is 0 Å². The molecule has 1 amide bonds. The van der Waals surface area contributed by atoms with Crippen molar-refractivity contribution < 1.29 is 14.5 Å². The maximum absolute atomic E-state index is 14.0. The van der Waals surface area contributed by atoms with Crippen LogP contribution in [0.3, 0.4) is 0 Å². The van der Waals surface area contributed by atoms with E-state index in [1.807, 2.05) is 84.9 Å². The molecule has 36 heavy (non-hydrogen) atoms. The standard InChI is InChI=1S/C29H25N3O4/c1-36-25-14-8-13-23(17-25)28-30(19-21-9-4-2-5-10-21)27-16-15-24(32(34)35)18-26(27)29(33)31(28)20-22-11-6-3-7-12-22/h2-18,28H,19-20H2,1H3/t28-/m1/s1. The summed E-state index contributed by atoms with van der Waals surface area (Å²) in [5.41, 5.74) is 3.78. The number of carbonyl (C=O) groups excluding carboxylic acids is 1. The maximum atomic E-state index is 14.0. The number of nitro groups is 1. The van der Waals surface area contributed by atoms with E-state index in [0.717, 1.165) is 16.7 Å². The van der Waals surface area contributed by atoms with E-state index >= 15 is 0 Å². The van der Waals surface area contributed by atoms with Crippen LogP contribution in [0, 0.1) is 10.1 Å². The number of rotatable bonds is 7. The van der Waals surface area contributed by atoms with E-state index in [9.17, 15) is 14.9 Å². The summed E-state index contributed by atoms with van der Waals surface area (Å²) in [6, 6.07) is 31.9. The molecule has 4 aromatic carbocycles. The Morgan fingerprint density at radius 3 is 2.06 bits per heavy atom. The molecule has 4 aromatic rings. The largest absolute Gasteiger partial charge is 0.497 e. The van der Waals surface area contributed by atoms with Crippen molar-refractivity contribution in [2.24, 2.45) is 0 Å². The summed E-state index contributed by atoms with van der Waals surface area (Å²) >= 11 is 0. The first kappa shape index (κ1) is 23.1. The van der Waals surface area contributed by atoms with Crippen molar-refractivity contribution in [2.45, 2.75) is 19.3 Å². The van der Waals surface area contributed by atoms with Gasteiger partial charge in [0.05, 0.1) is 23.3 Å². The molecule has 0 saturated carbocycles. The van der Waals surface area contributed by atoms with E-state index in [4.69, 9.17) is 4.74 Å². The summed E-state index contributed by atoms with van der Waals surface area (Å²) in [6.45, 7) is 0.848. The van der Waals surface area contributed by atoms with Gasteiger partial charge in [-0.2, -0.15) is 0 Å². The molecule has 0 radical (unpaired) electrons. The first-order valence-electron chi connectivity index (χ1n) is 11.6. The van der Waals surface area contributed by atoms with Crippen LogP contribution >= 0.6 is 0 Å². The van der Waals surface area contributed by atoms with Gasteiger partial charge in [-0.3, -0.25) is 14.9 Å². The van der Waals surface area contributed by atoms with Gasteiger partial charge in [0.2, 0.25) is 0 Å². The Kier molecular flexibility index (Phi) is 6.36. The van der Waals surface area contributed by atoms with E-state index in [1.54, 1.807) is 18.1 Å². The first-order valence-corrected chi connectivity index (χ1v) is 11.6. The normalized spacial score (nSPS) is 14.9. The van der Waals surface area contributed by atoms with Crippen LogP contribution in [0.15, 0.2) is 103 Å². The van der Waals surface area contributed by atoms with Gasteiger partial charge in [-0.15, -0.1) is 0 Å². The van der Waals surface area contributed by atoms with Gasteiger partial charge in [0.1, 0.15) is 11.9 Å². The van der Waals surface area contributed by atoms with Crippen LogP contribution in [0.25, 0.3) is 0 Å². The summed E-state index contributed by atoms with van der Waals surface area (Å²) in [4.78, 5) is 29.0. The average Bonchev–Trinajstić information content (AvgIpc) is 2.92. The predicted octanol–water partition coefficient (Wildman–Crippen LogP) is 5.96. The lowest BCUT2D eigenvalue weighted by atomic mass is 9.98. The Morgan fingerprint density at radius 2 is 1.44 bits per heavy atom. The molecule has 1 heterocycles. The minimum absolute atomic E-state index is 0.110. The van der Waals surface area contributed by atoms with E-state index in [0.29, 0.717) is 30.1 Å². The zero-order chi connectivity index (χ0) is 25.1. The van der Waals surface area contributed by atoms with Crippen LogP contribution in [0.1, 0.15) is 33.2 Å². The molecular weight excluding hydrogens is 454 g/mol. The number of fused-ring (bicyclic) bond motifs is 1. The molecule has 0 fully saturated rings. The number of nitrogens with zero attached hydrogens (tertiary/aromatic N) is 3. The summed E-state index contributed by atoms with van der Waals surface area (Å²) in [5, 5.41) is 11.5. The third-order valence-electron chi connectivity index (χ3n) is 6.37. The number of ether oxygens (including phenoxy) is 1. The summed E-state index contributed by atoms with van der Waals surface area (Å²) in [5.74, 6) is 0.434. The molecular formula is C29H25N3O4. The molecule has 1 aliphatic rings. The molecule has 5 rings (SSSR count). The number of anilines is 1. The number of non-ortho nitro benzene ring substituents is 1. The van der Waals surface area contributed by atoms with Gasteiger partial charge in [0.25, 0.3) is 11.6 Å². The van der Waals surface area contributed by atoms with E-state index in [2.05, 4.69) is 4.90 Å². The monoisotopic (exact) mass is 479 g/mol. The lowest BCUT2D eigenvalue weighted by Crippen LogP contribution is -2.48. The number of methoxy groups -OCH3 is 1. The molecule has 0 unspecified atom stereocenters. The van der Waals surface area contributed by atoms with Crippen LogP contribution in [0.2, 0.25) is 0 Å². The third-order valence-corrected chi connectivity index (χ3v) is 6.37. The second-order valence-electron chi connectivity index (χ2n) is 8.64. The lowest BCUT2D eigenvalue weighted by molar-refractivity contribution is -0.384. The van der Waals surface area contributed by atoms with Crippen molar-refractivity contribution in [1.82, 2.24) is 4.90 Å². The van der Waals surface area contributed by atoms with E-state index in [-0.39, 0.29) is 11.6 Å². The fourth-order valence-electron chi connectivity index (χ4n) is 4.68. The topological polar surface area (TPSA) is 75.9 Å². The van der Waals surface area contributed by atoms with Crippen molar-refractivity contribution in [3.8, 4) is 5.75 Å². The van der Waals surface area contributed by atoms with Crippen molar-refractivity contribution in [2.75, 3.05) is 12.0 Å². The Balaban J connectivity index is 1.70. The van der Waals surface area contributed by atoms with Crippen LogP contribution in [-0.4, -0.2) is 22.8 Å². The predicted molar refractivity (Wildman–Crippen MR) is 138 cm³/mol. The van der Waals surface area contributed by atoms with Gasteiger partial charge in [-0.25, -0.2) is 0 Å². The van der Waals surface area contributed by atoms with Gasteiger partial charge >= 0.3 is 0 Å². The lowest BCUT2D eigenvalue weighted by Gasteiger charge is -2.46. The van der Waals surface area contributed by atoms with Crippen molar-refractivity contribution in [1.29, 1.82) is 0 Å². The zero-order valence-electron chi connectivity index (χ0n) is 19.8. The highest BCUT2D eigenvalue weighted by atomic mass is 16.6. The van der Waals surface area contributed by atoms with E-state index < -0.39 is 11.1 Å². The Bertz CT molecular complexity index is 1390. The highest BCUT2D eigenvalue weighted by molar-refractivity contribution is 6.02. The quantitative estimate of drug-likeness (QED) is 0.241. The SMILES string of the molecule is COc1cccc([C@H]2N(Cc3ccccc3)C(=O)c3cc([N+](=O)[O-])ccc3N2Cc2ccccc2)c1. The molecule has 180 valence electrons. The van der Waals surface area contributed by atoms with Gasteiger partial charge in [-0.1, -0.05) is 72.8 Å². The molecule has 7 heteroatoms. The number of carbonyl (C=O) groups is 1. The fraction of sp³-hybridized carbons (Fsp3) is 0.138. The number of nitro benzene ring substituents is 1. The first-order chi connectivity index (χ1) is 17.5. The third kappa shape index (κ3) is 4.51. The smallest absolute Gasteiger partial charge is 0.270 e. The highest BCUT2D eigenvalue weighted by Gasteiger charge is 2.39. The number of amides is 1. The molecule has 1 aliphatic heterocycles. The Morgan fingerprint density at radius 1 is 0.806 bits per heavy atom. The minimum Gasteiger partial charge on any atom is -0.497 e. The van der Waals surface area contributed by atoms with Gasteiger partial charge in [-0.05, 0) is 34.9 Å². The maximum Gasteiger partial charge on any atom is 0.270 e. The van der Waals surface area contributed by atoms with Crippen LogP contribution in [0.4, 0.5) is 11.4 Å². The fourth-order valence-corrected chi connectivity index (χ4v) is 4.68. The Hall–Kier alpha value is -4.65. The summed E-state index contributed by atoms with van der Waals surface area (Å²) in [7, 11) is 1.61. The zero-order valence-corrected chi connectivity index (χ0v) is 19.8. The van der Waals surface area contributed by atoms with Crippen LogP contribution in [0.5, 0.6) is 5.75 Å². The minimum atomic E-state index is -0.467. The summed E-state index contributed by atoms with van der Waals surface area (Å²) < 4.78 is 5.49. The molecule has 0 spiro atoms. The molecule has 0 aliphatic carbocycles. The Labute approximate surface area is 209 Å². The molecule has 0 aromatic heterocycles. The number of hydrogen-bond donors (Lipinski definition) is 0. The average molecular weight is 480 g/mol. The molecule has 7 nitrogen and oxygen atoms in total. The number of benzene rings is 4. The molecule has 0 saturated heterocycles. The second kappa shape index (κ2) is 9.92. The molecule has 1 atom stereocenters. The van der Waals surface area contributed by atoms with Crippen LogP contribution < -0.4 is 9.64 Å². The second-order valence-corrected chi connectivity index (χ2v) is 8.64. The van der Waals surface area contributed by atoms with Crippen molar-refractivity contribution in [3.63, 3.8) is 0 Å². The molecule has 0 N–H and O–H groups in total. The van der Waals surface area contributed by atoms with Crippen LogP contribution in [-0.2, 0) is 13.1 Å². The van der Waals surface area contributed by atoms with E-state index in [1.165, 1.54) is 12.1 Å². The highest BCUT2D eigenvalue weighted by Crippen LogP contribution is 2.42.